The molecule has 0 bridgehead atoms. The largest absolute Gasteiger partial charge is 0.514 e. The summed E-state index contributed by atoms with van der Waals surface area (Å²) in [5.74, 6) is -0.208. The standard InChI is InChI=1S/C14H7Cl5O3/c15-8-9(16)11(18)13(12(19)10(8)17)22-14(20)21-6-7-4-2-1-3-5-7/h1-5H,6H2. The van der Waals surface area contributed by atoms with Gasteiger partial charge in [-0.05, 0) is 5.56 Å². The molecule has 2 aromatic carbocycles. The minimum absolute atomic E-state index is 0.0247. The van der Waals surface area contributed by atoms with E-state index in [0.717, 1.165) is 5.56 Å². The average Bonchev–Trinajstić information content (AvgIpc) is 2.54. The van der Waals surface area contributed by atoms with Gasteiger partial charge in [-0.25, -0.2) is 4.79 Å². The Kier molecular flexibility index (Phi) is 6.07. The number of halogens is 5. The van der Waals surface area contributed by atoms with E-state index in [-0.39, 0.29) is 37.5 Å². The number of carbonyl (C=O) groups is 1. The van der Waals surface area contributed by atoms with E-state index >= 15 is 0 Å². The van der Waals surface area contributed by atoms with Gasteiger partial charge in [0.05, 0.1) is 15.1 Å². The zero-order valence-electron chi connectivity index (χ0n) is 10.7. The molecule has 0 aliphatic carbocycles. The van der Waals surface area contributed by atoms with E-state index in [1.807, 2.05) is 18.2 Å². The molecule has 116 valence electrons. The van der Waals surface area contributed by atoms with Gasteiger partial charge >= 0.3 is 6.16 Å². The molecule has 0 fully saturated rings. The fourth-order valence-electron chi connectivity index (χ4n) is 1.50. The van der Waals surface area contributed by atoms with Gasteiger partial charge in [0.25, 0.3) is 0 Å². The molecule has 0 radical (unpaired) electrons. The SMILES string of the molecule is O=C(OCc1ccccc1)Oc1c(Cl)c(Cl)c(Cl)c(Cl)c1Cl. The second-order valence-corrected chi connectivity index (χ2v) is 5.92. The summed E-state index contributed by atoms with van der Waals surface area (Å²) < 4.78 is 9.92. The van der Waals surface area contributed by atoms with E-state index in [1.54, 1.807) is 12.1 Å². The fraction of sp³-hybridized carbons (Fsp3) is 0.0714. The first-order chi connectivity index (χ1) is 10.4. The Morgan fingerprint density at radius 3 is 1.86 bits per heavy atom. The summed E-state index contributed by atoms with van der Waals surface area (Å²) in [6.07, 6.45) is -0.998. The van der Waals surface area contributed by atoms with E-state index in [0.29, 0.717) is 0 Å². The molecule has 0 amide bonds. The molecule has 0 aliphatic heterocycles. The van der Waals surface area contributed by atoms with Crippen LogP contribution in [0.3, 0.4) is 0 Å². The van der Waals surface area contributed by atoms with Gasteiger partial charge in [-0.2, -0.15) is 0 Å². The number of benzene rings is 2. The van der Waals surface area contributed by atoms with Crippen LogP contribution in [-0.2, 0) is 11.3 Å². The van der Waals surface area contributed by atoms with Gasteiger partial charge in [0.2, 0.25) is 0 Å². The summed E-state index contributed by atoms with van der Waals surface area (Å²) in [5.41, 5.74) is 0.795. The highest BCUT2D eigenvalue weighted by molar-refractivity contribution is 6.55. The monoisotopic (exact) mass is 398 g/mol. The molecule has 2 rings (SSSR count). The molecule has 22 heavy (non-hydrogen) atoms. The van der Waals surface area contributed by atoms with E-state index in [1.165, 1.54) is 0 Å². The molecule has 0 aliphatic rings. The Morgan fingerprint density at radius 2 is 1.32 bits per heavy atom. The third kappa shape index (κ3) is 3.92. The van der Waals surface area contributed by atoms with Crippen LogP contribution in [0.25, 0.3) is 0 Å². The first-order valence-corrected chi connectivity index (χ1v) is 7.70. The molecule has 0 unspecified atom stereocenters. The van der Waals surface area contributed by atoms with Crippen molar-refractivity contribution in [2.75, 3.05) is 0 Å². The van der Waals surface area contributed by atoms with Gasteiger partial charge in [0.1, 0.15) is 16.7 Å². The van der Waals surface area contributed by atoms with Crippen LogP contribution in [0.15, 0.2) is 30.3 Å². The predicted molar refractivity (Wildman–Crippen MR) is 88.7 cm³/mol. The van der Waals surface area contributed by atoms with E-state index in [4.69, 9.17) is 67.5 Å². The maximum absolute atomic E-state index is 11.7. The van der Waals surface area contributed by atoms with Crippen molar-refractivity contribution in [3.8, 4) is 5.75 Å². The van der Waals surface area contributed by atoms with Gasteiger partial charge in [0, 0.05) is 0 Å². The van der Waals surface area contributed by atoms with E-state index in [9.17, 15) is 4.79 Å². The highest BCUT2D eigenvalue weighted by atomic mass is 35.5. The van der Waals surface area contributed by atoms with Crippen molar-refractivity contribution in [2.45, 2.75) is 6.61 Å². The lowest BCUT2D eigenvalue weighted by Gasteiger charge is -2.12. The molecule has 0 saturated heterocycles. The van der Waals surface area contributed by atoms with Crippen molar-refractivity contribution in [2.24, 2.45) is 0 Å². The molecule has 0 saturated carbocycles. The second-order valence-electron chi connectivity index (χ2n) is 4.03. The smallest absolute Gasteiger partial charge is 0.429 e. The molecule has 3 nitrogen and oxygen atoms in total. The summed E-state index contributed by atoms with van der Waals surface area (Å²) in [6.45, 7) is 0.0317. The minimum Gasteiger partial charge on any atom is -0.429 e. The van der Waals surface area contributed by atoms with Crippen LogP contribution in [0.1, 0.15) is 5.56 Å². The quantitative estimate of drug-likeness (QED) is 0.250. The Morgan fingerprint density at radius 1 is 0.818 bits per heavy atom. The highest BCUT2D eigenvalue weighted by Gasteiger charge is 2.23. The van der Waals surface area contributed by atoms with Crippen molar-refractivity contribution in [3.63, 3.8) is 0 Å². The molecule has 0 atom stereocenters. The number of carbonyl (C=O) groups excluding carboxylic acids is 1. The van der Waals surface area contributed by atoms with Crippen LogP contribution >= 0.6 is 58.0 Å². The number of hydrogen-bond donors (Lipinski definition) is 0. The van der Waals surface area contributed by atoms with Gasteiger partial charge in [-0.3, -0.25) is 0 Å². The van der Waals surface area contributed by atoms with Crippen molar-refractivity contribution in [1.29, 1.82) is 0 Å². The van der Waals surface area contributed by atoms with Crippen LogP contribution in [0.5, 0.6) is 5.75 Å². The Hall–Kier alpha value is -0.840. The van der Waals surface area contributed by atoms with Gasteiger partial charge in [0.15, 0.2) is 5.75 Å². The average molecular weight is 400 g/mol. The van der Waals surface area contributed by atoms with Crippen LogP contribution < -0.4 is 4.74 Å². The summed E-state index contributed by atoms with van der Waals surface area (Å²) >= 11 is 29.5. The lowest BCUT2D eigenvalue weighted by Crippen LogP contribution is -2.11. The van der Waals surface area contributed by atoms with Crippen molar-refractivity contribution in [3.05, 3.63) is 61.0 Å². The summed E-state index contributed by atoms with van der Waals surface area (Å²) in [4.78, 5) is 11.7. The van der Waals surface area contributed by atoms with Crippen LogP contribution in [0.2, 0.25) is 25.1 Å². The van der Waals surface area contributed by atoms with Gasteiger partial charge in [-0.15, -0.1) is 0 Å². The Bertz CT molecular complexity index is 674. The lowest BCUT2D eigenvalue weighted by molar-refractivity contribution is 0.0928. The van der Waals surface area contributed by atoms with Crippen molar-refractivity contribution < 1.29 is 14.3 Å². The summed E-state index contributed by atoms with van der Waals surface area (Å²) in [5, 5.41) is -0.411. The molecule has 8 heteroatoms. The second kappa shape index (κ2) is 7.62. The number of hydrogen-bond acceptors (Lipinski definition) is 3. The predicted octanol–water partition coefficient (Wildman–Crippen LogP) is 6.67. The first kappa shape index (κ1) is 17.5. The topological polar surface area (TPSA) is 35.5 Å². The first-order valence-electron chi connectivity index (χ1n) is 5.81. The normalized spacial score (nSPS) is 10.4. The molecular formula is C14H7Cl5O3. The molecule has 0 heterocycles. The Labute approximate surface area is 151 Å². The zero-order valence-corrected chi connectivity index (χ0v) is 14.5. The molecular weight excluding hydrogens is 393 g/mol. The number of ether oxygens (including phenoxy) is 2. The molecule has 0 spiro atoms. The van der Waals surface area contributed by atoms with E-state index in [2.05, 4.69) is 0 Å². The van der Waals surface area contributed by atoms with Crippen LogP contribution in [-0.4, -0.2) is 6.16 Å². The van der Waals surface area contributed by atoms with E-state index < -0.39 is 6.16 Å². The Balaban J connectivity index is 2.12. The number of rotatable bonds is 3. The molecule has 0 N–H and O–H groups in total. The van der Waals surface area contributed by atoms with Gasteiger partial charge < -0.3 is 9.47 Å². The zero-order chi connectivity index (χ0) is 16.3. The maximum Gasteiger partial charge on any atom is 0.514 e. The fourth-order valence-corrected chi connectivity index (χ4v) is 2.70. The highest BCUT2D eigenvalue weighted by Crippen LogP contribution is 2.48. The lowest BCUT2D eigenvalue weighted by atomic mass is 10.2. The minimum atomic E-state index is -0.998. The molecule has 2 aromatic rings. The summed E-state index contributed by atoms with van der Waals surface area (Å²) in [7, 11) is 0. The third-order valence-corrected chi connectivity index (χ3v) is 4.80. The summed E-state index contributed by atoms with van der Waals surface area (Å²) in [6, 6.07) is 9.07. The van der Waals surface area contributed by atoms with Gasteiger partial charge in [-0.1, -0.05) is 88.3 Å². The van der Waals surface area contributed by atoms with Crippen LogP contribution in [0, 0.1) is 0 Å². The molecule has 0 aromatic heterocycles. The van der Waals surface area contributed by atoms with Crippen LogP contribution in [0.4, 0.5) is 4.79 Å². The third-order valence-electron chi connectivity index (χ3n) is 2.55. The van der Waals surface area contributed by atoms with Crippen molar-refractivity contribution in [1.82, 2.24) is 0 Å². The maximum atomic E-state index is 11.7. The van der Waals surface area contributed by atoms with Crippen molar-refractivity contribution >= 4 is 64.2 Å².